The molecule has 1 rings (SSSR count). The Labute approximate surface area is 94.7 Å². The van der Waals surface area contributed by atoms with Crippen LogP contribution in [0.3, 0.4) is 0 Å². The Morgan fingerprint density at radius 3 is 2.69 bits per heavy atom. The Balaban J connectivity index is 2.50. The second-order valence-electron chi connectivity index (χ2n) is 3.14. The number of allylic oxidation sites excluding steroid dienone is 1. The fraction of sp³-hybridized carbons (Fsp3) is 0.154. The van der Waals surface area contributed by atoms with E-state index in [1.807, 2.05) is 6.92 Å². The summed E-state index contributed by atoms with van der Waals surface area (Å²) in [6, 6.07) is 6.53. The van der Waals surface area contributed by atoms with E-state index in [4.69, 9.17) is 9.84 Å². The molecule has 0 bridgehead atoms. The maximum Gasteiger partial charge on any atom is 0.335 e. The van der Waals surface area contributed by atoms with Crippen LogP contribution in [0.4, 0.5) is 0 Å². The van der Waals surface area contributed by atoms with Crippen molar-refractivity contribution in [1.82, 2.24) is 0 Å². The fourth-order valence-corrected chi connectivity index (χ4v) is 1.00. The maximum absolute atomic E-state index is 11.1. The molecule has 0 spiro atoms. The molecular formula is C13H14O3. The first-order chi connectivity index (χ1) is 7.72. The van der Waals surface area contributed by atoms with Crippen LogP contribution in [0.1, 0.15) is 18.9 Å². The van der Waals surface area contributed by atoms with Gasteiger partial charge in [0.1, 0.15) is 5.75 Å². The molecule has 0 aliphatic rings. The molecular weight excluding hydrogens is 204 g/mol. The molecule has 1 aromatic rings. The van der Waals surface area contributed by atoms with Crippen molar-refractivity contribution in [3.05, 3.63) is 48.2 Å². The average Bonchev–Trinajstić information content (AvgIpc) is 2.29. The predicted octanol–water partition coefficient (Wildman–Crippen LogP) is 2.87. The molecule has 0 saturated carbocycles. The zero-order valence-corrected chi connectivity index (χ0v) is 9.09. The van der Waals surface area contributed by atoms with E-state index in [0.717, 1.165) is 12.0 Å². The van der Waals surface area contributed by atoms with Crippen LogP contribution in [0.25, 0.3) is 6.08 Å². The number of rotatable bonds is 4. The summed E-state index contributed by atoms with van der Waals surface area (Å²) in [5.41, 5.74) is 0.828. The number of carbonyl (C=O) groups excluding carboxylic acids is 1. The quantitative estimate of drug-likeness (QED) is 0.480. The highest BCUT2D eigenvalue weighted by Gasteiger charge is 1.93. The zero-order valence-electron chi connectivity index (χ0n) is 9.09. The predicted molar refractivity (Wildman–Crippen MR) is 62.7 cm³/mol. The van der Waals surface area contributed by atoms with Crippen LogP contribution in [0.5, 0.6) is 5.75 Å². The van der Waals surface area contributed by atoms with Gasteiger partial charge in [-0.3, -0.25) is 0 Å². The Bertz CT molecular complexity index is 388. The van der Waals surface area contributed by atoms with Gasteiger partial charge < -0.3 is 9.84 Å². The van der Waals surface area contributed by atoms with Gasteiger partial charge in [-0.1, -0.05) is 19.1 Å². The van der Waals surface area contributed by atoms with Crippen molar-refractivity contribution in [1.29, 1.82) is 0 Å². The van der Waals surface area contributed by atoms with E-state index >= 15 is 0 Å². The summed E-state index contributed by atoms with van der Waals surface area (Å²) in [5, 5.41) is 9.05. The van der Waals surface area contributed by atoms with Crippen molar-refractivity contribution in [3.63, 3.8) is 0 Å². The number of aromatic hydroxyl groups is 1. The molecule has 1 aromatic carbocycles. The normalized spacial score (nSPS) is 11.1. The molecule has 0 amide bonds. The van der Waals surface area contributed by atoms with Gasteiger partial charge in [-0.15, -0.1) is 0 Å². The van der Waals surface area contributed by atoms with Crippen LogP contribution in [0.15, 0.2) is 42.7 Å². The first kappa shape index (κ1) is 12.0. The number of phenolic OH excluding ortho intramolecular Hbond substituents is 1. The second-order valence-corrected chi connectivity index (χ2v) is 3.14. The smallest absolute Gasteiger partial charge is 0.335 e. The van der Waals surface area contributed by atoms with Crippen LogP contribution < -0.4 is 0 Å². The summed E-state index contributed by atoms with van der Waals surface area (Å²) in [6.45, 7) is 1.95. The summed E-state index contributed by atoms with van der Waals surface area (Å²) in [5.74, 6) is -0.219. The van der Waals surface area contributed by atoms with Crippen molar-refractivity contribution in [2.45, 2.75) is 13.3 Å². The van der Waals surface area contributed by atoms with Gasteiger partial charge in [-0.25, -0.2) is 4.79 Å². The molecule has 0 atom stereocenters. The molecule has 0 saturated heterocycles. The number of ether oxygens (including phenoxy) is 1. The number of hydrogen-bond donors (Lipinski definition) is 1. The summed E-state index contributed by atoms with van der Waals surface area (Å²) in [4.78, 5) is 11.1. The average molecular weight is 218 g/mol. The Morgan fingerprint density at radius 2 is 2.06 bits per heavy atom. The topological polar surface area (TPSA) is 46.5 Å². The SMILES string of the molecule is CCC=COC(=O)C=Cc1ccc(O)cc1. The van der Waals surface area contributed by atoms with Gasteiger partial charge in [-0.2, -0.15) is 0 Å². The van der Waals surface area contributed by atoms with E-state index in [-0.39, 0.29) is 5.75 Å². The van der Waals surface area contributed by atoms with Crippen LogP contribution in [-0.4, -0.2) is 11.1 Å². The number of phenols is 1. The van der Waals surface area contributed by atoms with E-state index in [1.165, 1.54) is 12.3 Å². The van der Waals surface area contributed by atoms with Gasteiger partial charge >= 0.3 is 5.97 Å². The monoisotopic (exact) mass is 218 g/mol. The molecule has 0 aliphatic heterocycles. The molecule has 1 N–H and O–H groups in total. The standard InChI is InChI=1S/C13H14O3/c1-2-3-10-16-13(15)9-6-11-4-7-12(14)8-5-11/h3-10,14H,2H2,1H3. The molecule has 0 heterocycles. The Kier molecular flexibility index (Phi) is 4.86. The lowest BCUT2D eigenvalue weighted by Crippen LogP contribution is -1.92. The van der Waals surface area contributed by atoms with E-state index in [0.29, 0.717) is 0 Å². The van der Waals surface area contributed by atoms with E-state index in [9.17, 15) is 4.79 Å². The summed E-state index contributed by atoms with van der Waals surface area (Å²) in [7, 11) is 0. The summed E-state index contributed by atoms with van der Waals surface area (Å²) in [6.07, 6.45) is 6.93. The van der Waals surface area contributed by atoms with Gasteiger partial charge in [0.25, 0.3) is 0 Å². The molecule has 3 heteroatoms. The largest absolute Gasteiger partial charge is 0.508 e. The van der Waals surface area contributed by atoms with Crippen molar-refractivity contribution >= 4 is 12.0 Å². The molecule has 0 radical (unpaired) electrons. The number of hydrogen-bond acceptors (Lipinski definition) is 3. The highest BCUT2D eigenvalue weighted by Crippen LogP contribution is 2.10. The number of esters is 1. The minimum absolute atomic E-state index is 0.200. The highest BCUT2D eigenvalue weighted by molar-refractivity contribution is 5.87. The van der Waals surface area contributed by atoms with Gasteiger partial charge in [0, 0.05) is 6.08 Å². The molecule has 0 aliphatic carbocycles. The van der Waals surface area contributed by atoms with Crippen molar-refractivity contribution in [2.24, 2.45) is 0 Å². The molecule has 0 fully saturated rings. The molecule has 16 heavy (non-hydrogen) atoms. The van der Waals surface area contributed by atoms with Crippen molar-refractivity contribution in [2.75, 3.05) is 0 Å². The third kappa shape index (κ3) is 4.46. The van der Waals surface area contributed by atoms with E-state index in [2.05, 4.69) is 0 Å². The molecule has 3 nitrogen and oxygen atoms in total. The lowest BCUT2D eigenvalue weighted by atomic mass is 10.2. The van der Waals surface area contributed by atoms with E-state index in [1.54, 1.807) is 36.4 Å². The van der Waals surface area contributed by atoms with Gasteiger partial charge in [0.15, 0.2) is 0 Å². The van der Waals surface area contributed by atoms with Crippen molar-refractivity contribution < 1.29 is 14.6 Å². The minimum Gasteiger partial charge on any atom is -0.508 e. The van der Waals surface area contributed by atoms with Crippen LogP contribution in [-0.2, 0) is 9.53 Å². The first-order valence-corrected chi connectivity index (χ1v) is 5.05. The van der Waals surface area contributed by atoms with E-state index < -0.39 is 5.97 Å². The van der Waals surface area contributed by atoms with Gasteiger partial charge in [0.2, 0.25) is 0 Å². The van der Waals surface area contributed by atoms with Crippen molar-refractivity contribution in [3.8, 4) is 5.75 Å². The fourth-order valence-electron chi connectivity index (χ4n) is 1.00. The van der Waals surface area contributed by atoms with Crippen LogP contribution >= 0.6 is 0 Å². The maximum atomic E-state index is 11.1. The third-order valence-electron chi connectivity index (χ3n) is 1.82. The molecule has 0 unspecified atom stereocenters. The number of benzene rings is 1. The van der Waals surface area contributed by atoms with Gasteiger partial charge in [0.05, 0.1) is 6.26 Å². The molecule has 84 valence electrons. The Hall–Kier alpha value is -2.03. The minimum atomic E-state index is -0.419. The lowest BCUT2D eigenvalue weighted by molar-refractivity contribution is -0.132. The van der Waals surface area contributed by atoms with Gasteiger partial charge in [-0.05, 0) is 36.3 Å². The third-order valence-corrected chi connectivity index (χ3v) is 1.82. The Morgan fingerprint density at radius 1 is 1.38 bits per heavy atom. The van der Waals surface area contributed by atoms with Crippen LogP contribution in [0.2, 0.25) is 0 Å². The number of carbonyl (C=O) groups is 1. The lowest BCUT2D eigenvalue weighted by Gasteiger charge is -1.94. The highest BCUT2D eigenvalue weighted by atomic mass is 16.5. The molecule has 0 aromatic heterocycles. The van der Waals surface area contributed by atoms with Crippen LogP contribution in [0, 0.1) is 0 Å². The first-order valence-electron chi connectivity index (χ1n) is 5.05. The second kappa shape index (κ2) is 6.45. The summed E-state index contributed by atoms with van der Waals surface area (Å²) < 4.78 is 4.77. The zero-order chi connectivity index (χ0) is 11.8. The summed E-state index contributed by atoms with van der Waals surface area (Å²) >= 11 is 0.